The van der Waals surface area contributed by atoms with E-state index in [0.717, 1.165) is 13.1 Å². The van der Waals surface area contributed by atoms with Crippen LogP contribution in [0.4, 0.5) is 5.13 Å². The number of methoxy groups -OCH3 is 1. The third kappa shape index (κ3) is 5.34. The van der Waals surface area contributed by atoms with Crippen LogP contribution in [0, 0.1) is 6.92 Å². The lowest BCUT2D eigenvalue weighted by Gasteiger charge is -2.37. The average Bonchev–Trinajstić information content (AvgIpc) is 3.36. The lowest BCUT2D eigenvalue weighted by Crippen LogP contribution is -2.55. The van der Waals surface area contributed by atoms with Gasteiger partial charge in [0.15, 0.2) is 5.13 Å². The first-order valence-electron chi connectivity index (χ1n) is 10.9. The van der Waals surface area contributed by atoms with Gasteiger partial charge in [0.1, 0.15) is 10.6 Å². The first kappa shape index (κ1) is 25.2. The summed E-state index contributed by atoms with van der Waals surface area (Å²) in [6, 6.07) is -0.251. The van der Waals surface area contributed by atoms with Crippen molar-refractivity contribution in [2.24, 2.45) is 0 Å². The Labute approximate surface area is 211 Å². The van der Waals surface area contributed by atoms with E-state index in [-0.39, 0.29) is 33.6 Å². The summed E-state index contributed by atoms with van der Waals surface area (Å²) in [5.41, 5.74) is 1.41. The molecule has 0 aromatic carbocycles. The number of hydrogen-bond donors (Lipinski definition) is 3. The number of H-pyrrole nitrogens is 1. The second-order valence-electron chi connectivity index (χ2n) is 8.31. The van der Waals surface area contributed by atoms with Crippen LogP contribution in [0.3, 0.4) is 0 Å². The standard InChI is InChI=1S/C21H27Cl2N5O5S/c1-11-15(22)16(23)17(24-11)19(29)25-12-3-4-28(10-14(12)32-2)21-26-13(18(34-21)20(30)31)9-27-5-7-33-8-6-27/h12,14,24H,3-10H2,1-2H3,(H,25,29)(H,30,31)/t12-,14+/m1/s1. The van der Waals surface area contributed by atoms with Crippen molar-refractivity contribution < 1.29 is 24.2 Å². The van der Waals surface area contributed by atoms with Gasteiger partial charge in [0.2, 0.25) is 0 Å². The zero-order valence-corrected chi connectivity index (χ0v) is 21.2. The van der Waals surface area contributed by atoms with E-state index in [1.807, 2.05) is 4.90 Å². The number of morpholine rings is 1. The number of anilines is 1. The van der Waals surface area contributed by atoms with Crippen LogP contribution in [0.1, 0.15) is 38.0 Å². The number of carboxylic acids is 1. The van der Waals surface area contributed by atoms with E-state index < -0.39 is 5.97 Å². The predicted molar refractivity (Wildman–Crippen MR) is 130 cm³/mol. The maximum absolute atomic E-state index is 12.8. The fraction of sp³-hybridized carbons (Fsp3) is 0.571. The van der Waals surface area contributed by atoms with Gasteiger partial charge in [-0.25, -0.2) is 9.78 Å². The lowest BCUT2D eigenvalue weighted by molar-refractivity contribution is 0.0335. The molecule has 2 aromatic heterocycles. The van der Waals surface area contributed by atoms with E-state index in [0.29, 0.717) is 60.8 Å². The number of carbonyl (C=O) groups excluding carboxylic acids is 1. The maximum atomic E-state index is 12.8. The summed E-state index contributed by atoms with van der Waals surface area (Å²) in [4.78, 5) is 36.6. The van der Waals surface area contributed by atoms with Crippen molar-refractivity contribution in [2.45, 2.75) is 32.0 Å². The van der Waals surface area contributed by atoms with Crippen LogP contribution in [-0.2, 0) is 16.0 Å². The molecular weight excluding hydrogens is 505 g/mol. The SMILES string of the molecule is CO[C@H]1CN(c2nc(CN3CCOCC3)c(C(=O)O)s2)CC[C@H]1NC(=O)c1[nH]c(C)c(Cl)c1Cl. The van der Waals surface area contributed by atoms with Crippen LogP contribution < -0.4 is 10.2 Å². The molecule has 0 unspecified atom stereocenters. The summed E-state index contributed by atoms with van der Waals surface area (Å²) in [5.74, 6) is -1.33. The Kier molecular flexibility index (Phi) is 8.01. The molecule has 2 fully saturated rings. The van der Waals surface area contributed by atoms with Crippen molar-refractivity contribution in [3.8, 4) is 0 Å². The van der Waals surface area contributed by atoms with Gasteiger partial charge in [-0.1, -0.05) is 34.5 Å². The average molecular weight is 532 g/mol. The Morgan fingerprint density at radius 1 is 1.29 bits per heavy atom. The molecule has 4 heterocycles. The molecular formula is C21H27Cl2N5O5S. The van der Waals surface area contributed by atoms with Crippen LogP contribution in [0.5, 0.6) is 0 Å². The van der Waals surface area contributed by atoms with E-state index in [9.17, 15) is 14.7 Å². The quantitative estimate of drug-likeness (QED) is 0.498. The molecule has 13 heteroatoms. The molecule has 1 amide bonds. The van der Waals surface area contributed by atoms with Crippen LogP contribution in [0.15, 0.2) is 0 Å². The summed E-state index contributed by atoms with van der Waals surface area (Å²) >= 11 is 13.4. The second-order valence-corrected chi connectivity index (χ2v) is 10.0. The zero-order chi connectivity index (χ0) is 24.4. The topological polar surface area (TPSA) is 120 Å². The number of carbonyl (C=O) groups is 2. The van der Waals surface area contributed by atoms with Crippen molar-refractivity contribution in [3.63, 3.8) is 0 Å². The number of aromatic amines is 1. The molecule has 0 spiro atoms. The molecule has 2 aliphatic rings. The van der Waals surface area contributed by atoms with Gasteiger partial charge in [-0.15, -0.1) is 0 Å². The Bertz CT molecular complexity index is 1050. The van der Waals surface area contributed by atoms with Crippen LogP contribution in [-0.4, -0.2) is 90.5 Å². The number of aromatic carboxylic acids is 1. The van der Waals surface area contributed by atoms with Crippen molar-refractivity contribution in [3.05, 3.63) is 32.0 Å². The maximum Gasteiger partial charge on any atom is 0.347 e. The number of aryl methyl sites for hydroxylation is 1. The third-order valence-corrected chi connectivity index (χ3v) is 8.18. The number of halogens is 2. The highest BCUT2D eigenvalue weighted by molar-refractivity contribution is 7.17. The number of amides is 1. The molecule has 2 aromatic rings. The van der Waals surface area contributed by atoms with E-state index >= 15 is 0 Å². The minimum Gasteiger partial charge on any atom is -0.477 e. The molecule has 2 atom stereocenters. The Balaban J connectivity index is 1.45. The number of carboxylic acid groups (broad SMARTS) is 1. The molecule has 3 N–H and O–H groups in total. The van der Waals surface area contributed by atoms with Gasteiger partial charge in [-0.3, -0.25) is 9.69 Å². The van der Waals surface area contributed by atoms with Crippen molar-refractivity contribution >= 4 is 51.5 Å². The second kappa shape index (κ2) is 10.8. The predicted octanol–water partition coefficient (Wildman–Crippen LogP) is 2.64. The molecule has 4 rings (SSSR count). The highest BCUT2D eigenvalue weighted by Gasteiger charge is 2.34. The van der Waals surface area contributed by atoms with Gasteiger partial charge in [0.25, 0.3) is 5.91 Å². The Morgan fingerprint density at radius 2 is 2.03 bits per heavy atom. The number of hydrogen-bond acceptors (Lipinski definition) is 8. The molecule has 186 valence electrons. The van der Waals surface area contributed by atoms with Crippen molar-refractivity contribution in [2.75, 3.05) is 51.4 Å². The number of thiazole rings is 1. The van der Waals surface area contributed by atoms with Gasteiger partial charge in [-0.05, 0) is 13.3 Å². The summed E-state index contributed by atoms with van der Waals surface area (Å²) in [6.07, 6.45) is 0.277. The van der Waals surface area contributed by atoms with Gasteiger partial charge in [0.05, 0.1) is 41.1 Å². The number of rotatable bonds is 7. The third-order valence-electron chi connectivity index (χ3n) is 6.09. The van der Waals surface area contributed by atoms with E-state index in [2.05, 4.69) is 20.2 Å². The van der Waals surface area contributed by atoms with Crippen LogP contribution in [0.25, 0.3) is 0 Å². The van der Waals surface area contributed by atoms with Crippen LogP contribution >= 0.6 is 34.5 Å². The molecule has 2 saturated heterocycles. The highest BCUT2D eigenvalue weighted by atomic mass is 35.5. The van der Waals surface area contributed by atoms with Gasteiger partial charge < -0.3 is 29.8 Å². The molecule has 0 saturated carbocycles. The summed E-state index contributed by atoms with van der Waals surface area (Å²) in [6.45, 7) is 6.03. The number of nitrogens with one attached hydrogen (secondary N) is 2. The molecule has 2 aliphatic heterocycles. The fourth-order valence-corrected chi connectivity index (χ4v) is 5.55. The van der Waals surface area contributed by atoms with Gasteiger partial charge >= 0.3 is 5.97 Å². The fourth-order valence-electron chi connectivity index (χ4n) is 4.18. The van der Waals surface area contributed by atoms with Crippen LogP contribution in [0.2, 0.25) is 10.0 Å². The minimum absolute atomic E-state index is 0.194. The van der Waals surface area contributed by atoms with Crippen molar-refractivity contribution in [1.82, 2.24) is 20.2 Å². The first-order chi connectivity index (χ1) is 16.3. The van der Waals surface area contributed by atoms with E-state index in [1.54, 1.807) is 14.0 Å². The number of nitrogens with zero attached hydrogens (tertiary/aromatic N) is 3. The summed E-state index contributed by atoms with van der Waals surface area (Å²) in [5, 5.41) is 13.9. The molecule has 10 nitrogen and oxygen atoms in total. The minimum atomic E-state index is -0.978. The van der Waals surface area contributed by atoms with E-state index in [4.69, 9.17) is 32.7 Å². The molecule has 0 radical (unpaired) electrons. The molecule has 0 aliphatic carbocycles. The zero-order valence-electron chi connectivity index (χ0n) is 18.9. The lowest BCUT2D eigenvalue weighted by atomic mass is 10.0. The van der Waals surface area contributed by atoms with Crippen molar-refractivity contribution in [1.29, 1.82) is 0 Å². The number of piperidine rings is 1. The number of ether oxygens (including phenoxy) is 2. The molecule has 0 bridgehead atoms. The smallest absolute Gasteiger partial charge is 0.347 e. The normalized spacial score (nSPS) is 21.6. The van der Waals surface area contributed by atoms with E-state index in [1.165, 1.54) is 11.3 Å². The summed E-state index contributed by atoms with van der Waals surface area (Å²) < 4.78 is 11.0. The summed E-state index contributed by atoms with van der Waals surface area (Å²) in [7, 11) is 1.59. The Morgan fingerprint density at radius 3 is 2.65 bits per heavy atom. The monoisotopic (exact) mass is 531 g/mol. The van der Waals surface area contributed by atoms with Gasteiger partial charge in [0, 0.05) is 45.5 Å². The number of aromatic nitrogens is 2. The Hall–Kier alpha value is -1.89. The first-order valence-corrected chi connectivity index (χ1v) is 12.5. The van der Waals surface area contributed by atoms with Gasteiger partial charge in [-0.2, -0.15) is 0 Å². The highest BCUT2D eigenvalue weighted by Crippen LogP contribution is 2.31. The molecule has 34 heavy (non-hydrogen) atoms. The largest absolute Gasteiger partial charge is 0.477 e.